The number of ether oxygens (including phenoxy) is 1. The summed E-state index contributed by atoms with van der Waals surface area (Å²) in [5.41, 5.74) is 2.16. The summed E-state index contributed by atoms with van der Waals surface area (Å²) in [6, 6.07) is 13.3. The van der Waals surface area contributed by atoms with Crippen LogP contribution in [0.4, 0.5) is 5.69 Å². The lowest BCUT2D eigenvalue weighted by molar-refractivity contribution is 0.0736. The number of pyridine rings is 1. The number of para-hydroxylation sites is 2. The lowest BCUT2D eigenvalue weighted by Gasteiger charge is -2.36. The van der Waals surface area contributed by atoms with E-state index in [2.05, 4.69) is 15.0 Å². The Morgan fingerprint density at radius 1 is 1.11 bits per heavy atom. The number of methoxy groups -OCH3 is 1. The Balaban J connectivity index is 1.43. The second-order valence-corrected chi connectivity index (χ2v) is 6.27. The molecule has 138 valence electrons. The van der Waals surface area contributed by atoms with E-state index in [1.54, 1.807) is 30.5 Å². The van der Waals surface area contributed by atoms with Crippen LogP contribution in [0.25, 0.3) is 11.3 Å². The Labute approximate surface area is 157 Å². The molecule has 3 heterocycles. The molecule has 0 radical (unpaired) electrons. The predicted molar refractivity (Wildman–Crippen MR) is 101 cm³/mol. The van der Waals surface area contributed by atoms with Crippen LogP contribution in [0, 0.1) is 0 Å². The van der Waals surface area contributed by atoms with Crippen molar-refractivity contribution in [3.63, 3.8) is 0 Å². The van der Waals surface area contributed by atoms with E-state index >= 15 is 0 Å². The van der Waals surface area contributed by atoms with E-state index in [9.17, 15) is 4.79 Å². The molecular formula is C20H20N4O3. The van der Waals surface area contributed by atoms with Gasteiger partial charge in [-0.3, -0.25) is 9.78 Å². The summed E-state index contributed by atoms with van der Waals surface area (Å²) in [4.78, 5) is 20.8. The first kappa shape index (κ1) is 17.1. The van der Waals surface area contributed by atoms with E-state index in [1.165, 1.54) is 0 Å². The minimum Gasteiger partial charge on any atom is -0.495 e. The molecular weight excluding hydrogens is 344 g/mol. The van der Waals surface area contributed by atoms with Gasteiger partial charge < -0.3 is 19.1 Å². The molecule has 1 aromatic carbocycles. The number of carbonyl (C=O) groups is 1. The zero-order chi connectivity index (χ0) is 18.6. The van der Waals surface area contributed by atoms with Crippen molar-refractivity contribution in [1.29, 1.82) is 0 Å². The number of aromatic nitrogens is 2. The normalized spacial score (nSPS) is 14.3. The first-order chi connectivity index (χ1) is 13.3. The molecule has 1 amide bonds. The summed E-state index contributed by atoms with van der Waals surface area (Å²) in [6.07, 6.45) is 3.37. The Kier molecular flexibility index (Phi) is 4.74. The number of piperazine rings is 1. The molecule has 1 aliphatic rings. The molecule has 7 nitrogen and oxygen atoms in total. The van der Waals surface area contributed by atoms with Gasteiger partial charge in [-0.05, 0) is 24.3 Å². The van der Waals surface area contributed by atoms with Gasteiger partial charge in [0.25, 0.3) is 5.91 Å². The average Bonchev–Trinajstić information content (AvgIpc) is 3.24. The van der Waals surface area contributed by atoms with Crippen LogP contribution in [0.2, 0.25) is 0 Å². The fourth-order valence-electron chi connectivity index (χ4n) is 3.22. The third-order valence-electron chi connectivity index (χ3n) is 4.67. The highest BCUT2D eigenvalue weighted by Crippen LogP contribution is 2.28. The van der Waals surface area contributed by atoms with Gasteiger partial charge in [0.2, 0.25) is 0 Å². The minimum absolute atomic E-state index is 0.117. The number of carbonyl (C=O) groups excluding carboxylic acids is 1. The van der Waals surface area contributed by atoms with E-state index in [0.717, 1.165) is 30.1 Å². The minimum atomic E-state index is -0.117. The van der Waals surface area contributed by atoms with Crippen molar-refractivity contribution in [3.05, 3.63) is 60.6 Å². The van der Waals surface area contributed by atoms with Gasteiger partial charge in [-0.25, -0.2) is 0 Å². The Hall–Kier alpha value is -3.35. The maximum Gasteiger partial charge on any atom is 0.276 e. The molecule has 1 fully saturated rings. The second-order valence-electron chi connectivity index (χ2n) is 6.27. The molecule has 0 N–H and O–H groups in total. The summed E-state index contributed by atoms with van der Waals surface area (Å²) < 4.78 is 10.8. The summed E-state index contributed by atoms with van der Waals surface area (Å²) in [7, 11) is 1.67. The molecule has 0 atom stereocenters. The van der Waals surface area contributed by atoms with Crippen molar-refractivity contribution in [3.8, 4) is 17.1 Å². The lowest BCUT2D eigenvalue weighted by atomic mass is 10.2. The number of amides is 1. The van der Waals surface area contributed by atoms with Crippen LogP contribution in [0.1, 0.15) is 10.5 Å². The van der Waals surface area contributed by atoms with Gasteiger partial charge in [0, 0.05) is 50.2 Å². The number of hydrogen-bond donors (Lipinski definition) is 0. The predicted octanol–water partition coefficient (Wildman–Crippen LogP) is 2.71. The standard InChI is InChI=1S/C20H20N4O3/c1-26-18-7-3-2-6-17(18)23-9-11-24(12-10-23)20(25)16-13-19(27-22-16)15-5-4-8-21-14-15/h2-8,13-14H,9-12H2,1H3. The van der Waals surface area contributed by atoms with Crippen LogP contribution in [0.5, 0.6) is 5.75 Å². The quantitative estimate of drug-likeness (QED) is 0.709. The molecule has 0 spiro atoms. The van der Waals surface area contributed by atoms with Gasteiger partial charge in [-0.2, -0.15) is 0 Å². The number of rotatable bonds is 4. The highest BCUT2D eigenvalue weighted by atomic mass is 16.5. The van der Waals surface area contributed by atoms with Crippen LogP contribution < -0.4 is 9.64 Å². The van der Waals surface area contributed by atoms with E-state index in [1.807, 2.05) is 36.4 Å². The van der Waals surface area contributed by atoms with E-state index < -0.39 is 0 Å². The Bertz CT molecular complexity index is 918. The number of anilines is 1. The molecule has 2 aromatic heterocycles. The topological polar surface area (TPSA) is 71.7 Å². The Morgan fingerprint density at radius 3 is 2.67 bits per heavy atom. The van der Waals surface area contributed by atoms with Gasteiger partial charge in [0.1, 0.15) is 5.75 Å². The largest absolute Gasteiger partial charge is 0.495 e. The van der Waals surface area contributed by atoms with Crippen molar-refractivity contribution >= 4 is 11.6 Å². The zero-order valence-corrected chi connectivity index (χ0v) is 15.0. The molecule has 4 rings (SSSR count). The fraction of sp³-hybridized carbons (Fsp3) is 0.250. The molecule has 1 saturated heterocycles. The highest BCUT2D eigenvalue weighted by molar-refractivity contribution is 5.93. The smallest absolute Gasteiger partial charge is 0.276 e. The number of benzene rings is 1. The molecule has 1 aliphatic heterocycles. The van der Waals surface area contributed by atoms with Gasteiger partial charge >= 0.3 is 0 Å². The maximum absolute atomic E-state index is 12.8. The van der Waals surface area contributed by atoms with Gasteiger partial charge in [-0.1, -0.05) is 17.3 Å². The fourth-order valence-corrected chi connectivity index (χ4v) is 3.22. The number of nitrogens with zero attached hydrogens (tertiary/aromatic N) is 4. The van der Waals surface area contributed by atoms with Crippen molar-refractivity contribution in [1.82, 2.24) is 15.0 Å². The molecule has 3 aromatic rings. The SMILES string of the molecule is COc1ccccc1N1CCN(C(=O)c2cc(-c3cccnc3)on2)CC1. The van der Waals surface area contributed by atoms with E-state index in [0.29, 0.717) is 24.5 Å². The molecule has 0 saturated carbocycles. The summed E-state index contributed by atoms with van der Waals surface area (Å²) in [6.45, 7) is 2.71. The Morgan fingerprint density at radius 2 is 1.93 bits per heavy atom. The maximum atomic E-state index is 12.8. The summed E-state index contributed by atoms with van der Waals surface area (Å²) >= 11 is 0. The van der Waals surface area contributed by atoms with Crippen molar-refractivity contribution < 1.29 is 14.1 Å². The van der Waals surface area contributed by atoms with Crippen LogP contribution in [0.3, 0.4) is 0 Å². The third-order valence-corrected chi connectivity index (χ3v) is 4.67. The van der Waals surface area contributed by atoms with Gasteiger partial charge in [0.15, 0.2) is 11.5 Å². The summed E-state index contributed by atoms with van der Waals surface area (Å²) in [5.74, 6) is 1.27. The lowest BCUT2D eigenvalue weighted by Crippen LogP contribution is -2.49. The second kappa shape index (κ2) is 7.49. The van der Waals surface area contributed by atoms with Crippen LogP contribution in [0.15, 0.2) is 59.4 Å². The average molecular weight is 364 g/mol. The van der Waals surface area contributed by atoms with Crippen molar-refractivity contribution in [2.45, 2.75) is 0 Å². The van der Waals surface area contributed by atoms with E-state index in [4.69, 9.17) is 9.26 Å². The zero-order valence-electron chi connectivity index (χ0n) is 15.0. The van der Waals surface area contributed by atoms with Crippen LogP contribution in [-0.4, -0.2) is 54.2 Å². The first-order valence-electron chi connectivity index (χ1n) is 8.80. The summed E-state index contributed by atoms with van der Waals surface area (Å²) in [5, 5.41) is 3.94. The van der Waals surface area contributed by atoms with Gasteiger partial charge in [-0.15, -0.1) is 0 Å². The van der Waals surface area contributed by atoms with Crippen LogP contribution in [-0.2, 0) is 0 Å². The van der Waals surface area contributed by atoms with Crippen LogP contribution >= 0.6 is 0 Å². The highest BCUT2D eigenvalue weighted by Gasteiger charge is 2.25. The van der Waals surface area contributed by atoms with E-state index in [-0.39, 0.29) is 5.91 Å². The molecule has 7 heteroatoms. The molecule has 0 unspecified atom stereocenters. The first-order valence-corrected chi connectivity index (χ1v) is 8.80. The van der Waals surface area contributed by atoms with Gasteiger partial charge in [0.05, 0.1) is 12.8 Å². The molecule has 27 heavy (non-hydrogen) atoms. The third kappa shape index (κ3) is 3.48. The van der Waals surface area contributed by atoms with Crippen molar-refractivity contribution in [2.75, 3.05) is 38.2 Å². The monoisotopic (exact) mass is 364 g/mol. The number of hydrogen-bond acceptors (Lipinski definition) is 6. The molecule has 0 bridgehead atoms. The molecule has 0 aliphatic carbocycles. The van der Waals surface area contributed by atoms with Crippen molar-refractivity contribution in [2.24, 2.45) is 0 Å².